The Hall–Kier alpha value is -4.23. The van der Waals surface area contributed by atoms with E-state index in [1.807, 2.05) is 85.5 Å². The molecule has 0 spiro atoms. The van der Waals surface area contributed by atoms with Gasteiger partial charge in [-0.25, -0.2) is 4.98 Å². The quantitative estimate of drug-likeness (QED) is 0.192. The first-order valence-corrected chi connectivity index (χ1v) is 15.1. The second-order valence-corrected chi connectivity index (χ2v) is 12.5. The Morgan fingerprint density at radius 3 is 2.07 bits per heavy atom. The third kappa shape index (κ3) is 8.20. The van der Waals surface area contributed by atoms with Crippen molar-refractivity contribution < 1.29 is 9.59 Å². The van der Waals surface area contributed by atoms with Gasteiger partial charge >= 0.3 is 0 Å². The maximum atomic E-state index is 14.3. The molecule has 2 atom stereocenters. The Morgan fingerprint density at radius 2 is 1.49 bits per heavy atom. The molecule has 0 saturated heterocycles. The molecule has 0 bridgehead atoms. The van der Waals surface area contributed by atoms with Crippen molar-refractivity contribution in [1.29, 1.82) is 0 Å². The highest BCUT2D eigenvalue weighted by Gasteiger charge is 2.38. The molecule has 0 saturated carbocycles. The Bertz CT molecular complexity index is 1460. The van der Waals surface area contributed by atoms with E-state index in [0.717, 1.165) is 22.6 Å². The minimum Gasteiger partial charge on any atom is -0.355 e. The lowest BCUT2D eigenvalue weighted by molar-refractivity contribution is -0.123. The first kappa shape index (κ1) is 31.7. The molecule has 226 valence electrons. The summed E-state index contributed by atoms with van der Waals surface area (Å²) in [4.78, 5) is 33.9. The Kier molecular flexibility index (Phi) is 10.5. The zero-order valence-electron chi connectivity index (χ0n) is 26.0. The monoisotopic (exact) mass is 579 g/mol. The van der Waals surface area contributed by atoms with Crippen LogP contribution in [0.1, 0.15) is 68.8 Å². The van der Waals surface area contributed by atoms with Gasteiger partial charge in [-0.1, -0.05) is 113 Å². The van der Waals surface area contributed by atoms with Crippen LogP contribution in [0.15, 0.2) is 97.2 Å². The van der Waals surface area contributed by atoms with E-state index >= 15 is 0 Å². The van der Waals surface area contributed by atoms with Crippen LogP contribution in [0.4, 0.5) is 0 Å². The second kappa shape index (κ2) is 14.3. The van der Waals surface area contributed by atoms with Gasteiger partial charge in [0.1, 0.15) is 5.82 Å². The van der Waals surface area contributed by atoms with Crippen molar-refractivity contribution in [2.75, 3.05) is 13.1 Å². The number of imidazole rings is 1. The van der Waals surface area contributed by atoms with E-state index in [2.05, 4.69) is 61.1 Å². The minimum atomic E-state index is -0.564. The molecule has 0 fully saturated rings. The van der Waals surface area contributed by atoms with Crippen LogP contribution in [-0.4, -0.2) is 45.4 Å². The van der Waals surface area contributed by atoms with Crippen LogP contribution in [0.3, 0.4) is 0 Å². The number of hydrogen-bond acceptors (Lipinski definition) is 4. The second-order valence-electron chi connectivity index (χ2n) is 12.5. The molecule has 1 aromatic heterocycles. The summed E-state index contributed by atoms with van der Waals surface area (Å²) in [6, 6.07) is 28.9. The molecule has 0 aliphatic heterocycles. The first-order valence-electron chi connectivity index (χ1n) is 15.1. The minimum absolute atomic E-state index is 0.0451. The van der Waals surface area contributed by atoms with E-state index in [-0.39, 0.29) is 29.2 Å². The van der Waals surface area contributed by atoms with Crippen LogP contribution in [0, 0.1) is 11.3 Å². The molecule has 7 nitrogen and oxygen atoms in total. The van der Waals surface area contributed by atoms with Crippen LogP contribution in [0.5, 0.6) is 0 Å². The molecular weight excluding hydrogens is 534 g/mol. The molecular formula is C36H45N5O2. The number of nitrogens with two attached hydrogens (primary N) is 1. The van der Waals surface area contributed by atoms with Gasteiger partial charge in [0.15, 0.2) is 0 Å². The number of nitrogens with zero attached hydrogens (tertiary/aromatic N) is 3. The van der Waals surface area contributed by atoms with Crippen molar-refractivity contribution in [3.8, 4) is 11.3 Å². The highest BCUT2D eigenvalue weighted by molar-refractivity contribution is 5.94. The molecule has 0 radical (unpaired) electrons. The number of benzene rings is 3. The van der Waals surface area contributed by atoms with E-state index < -0.39 is 6.04 Å². The van der Waals surface area contributed by atoms with Crippen LogP contribution >= 0.6 is 0 Å². The van der Waals surface area contributed by atoms with E-state index in [0.29, 0.717) is 31.6 Å². The summed E-state index contributed by atoms with van der Waals surface area (Å²) in [5, 5.41) is 2.96. The SMILES string of the molecule is CC(C)C(N)C(=O)NCCCN(C(=O)c1ccccc1)C(c1nc(-c2ccccc2)cn1Cc1ccccc1)C(C)(C)C. The van der Waals surface area contributed by atoms with E-state index in [9.17, 15) is 9.59 Å². The van der Waals surface area contributed by atoms with Gasteiger partial charge in [0.25, 0.3) is 5.91 Å². The summed E-state index contributed by atoms with van der Waals surface area (Å²) in [6.07, 6.45) is 2.67. The van der Waals surface area contributed by atoms with Gasteiger partial charge in [0, 0.05) is 37.0 Å². The zero-order chi connectivity index (χ0) is 31.0. The van der Waals surface area contributed by atoms with Crippen molar-refractivity contribution in [2.45, 2.75) is 59.7 Å². The highest BCUT2D eigenvalue weighted by Crippen LogP contribution is 2.40. The number of carbonyl (C=O) groups excluding carboxylic acids is 2. The van der Waals surface area contributed by atoms with E-state index in [1.165, 1.54) is 0 Å². The van der Waals surface area contributed by atoms with E-state index in [4.69, 9.17) is 10.7 Å². The van der Waals surface area contributed by atoms with Crippen LogP contribution in [-0.2, 0) is 11.3 Å². The maximum absolute atomic E-state index is 14.3. The number of nitrogens with one attached hydrogen (secondary N) is 1. The summed E-state index contributed by atoms with van der Waals surface area (Å²) < 4.78 is 2.18. The smallest absolute Gasteiger partial charge is 0.254 e. The molecule has 7 heteroatoms. The van der Waals surface area contributed by atoms with Gasteiger partial charge in [-0.3, -0.25) is 9.59 Å². The summed E-state index contributed by atoms with van der Waals surface area (Å²) in [7, 11) is 0. The Morgan fingerprint density at radius 1 is 0.907 bits per heavy atom. The number of rotatable bonds is 12. The molecule has 2 amide bonds. The van der Waals surface area contributed by atoms with Gasteiger partial charge < -0.3 is 20.5 Å². The summed E-state index contributed by atoms with van der Waals surface area (Å²) >= 11 is 0. The predicted molar refractivity (Wildman–Crippen MR) is 173 cm³/mol. The van der Waals surface area contributed by atoms with Crippen molar-refractivity contribution in [1.82, 2.24) is 19.8 Å². The fourth-order valence-corrected chi connectivity index (χ4v) is 5.27. The lowest BCUT2D eigenvalue weighted by atomic mass is 9.84. The predicted octanol–water partition coefficient (Wildman–Crippen LogP) is 6.32. The van der Waals surface area contributed by atoms with Gasteiger partial charge in [0.2, 0.25) is 5.91 Å². The molecule has 0 aliphatic rings. The average molecular weight is 580 g/mol. The van der Waals surface area contributed by atoms with Gasteiger partial charge in [0.05, 0.1) is 17.8 Å². The first-order chi connectivity index (χ1) is 20.6. The molecule has 0 aliphatic carbocycles. The standard InChI is InChI=1S/C36H45N5O2/c1-26(2)31(37)34(42)38-22-15-23-41(35(43)29-20-13-8-14-21-29)32(36(3,4)5)33-39-30(28-18-11-7-12-19-28)25-40(33)24-27-16-9-6-10-17-27/h6-14,16-21,25-26,31-32H,15,22-24,37H2,1-5H3,(H,38,42). The number of aromatic nitrogens is 2. The topological polar surface area (TPSA) is 93.2 Å². The van der Waals surface area contributed by atoms with Crippen LogP contribution in [0.25, 0.3) is 11.3 Å². The summed E-state index contributed by atoms with van der Waals surface area (Å²) in [5.41, 5.74) is 9.34. The van der Waals surface area contributed by atoms with Gasteiger partial charge in [-0.05, 0) is 35.4 Å². The number of hydrogen-bond donors (Lipinski definition) is 2. The Balaban J connectivity index is 1.75. The van der Waals surface area contributed by atoms with E-state index in [1.54, 1.807) is 0 Å². The molecule has 3 N–H and O–H groups in total. The molecule has 4 rings (SSSR count). The largest absolute Gasteiger partial charge is 0.355 e. The lowest BCUT2D eigenvalue weighted by Crippen LogP contribution is -2.46. The van der Waals surface area contributed by atoms with Crippen molar-refractivity contribution >= 4 is 11.8 Å². The fraction of sp³-hybridized carbons (Fsp3) is 0.361. The van der Waals surface area contributed by atoms with Crippen molar-refractivity contribution in [3.63, 3.8) is 0 Å². The Labute approximate surface area is 256 Å². The number of carbonyl (C=O) groups is 2. The number of amides is 2. The highest BCUT2D eigenvalue weighted by atomic mass is 16.2. The third-order valence-electron chi connectivity index (χ3n) is 7.63. The van der Waals surface area contributed by atoms with Crippen LogP contribution < -0.4 is 11.1 Å². The van der Waals surface area contributed by atoms with Gasteiger partial charge in [-0.2, -0.15) is 0 Å². The normalized spacial score (nSPS) is 13.0. The molecule has 3 aromatic carbocycles. The van der Waals surface area contributed by atoms with Crippen molar-refractivity contribution in [2.24, 2.45) is 17.1 Å². The third-order valence-corrected chi connectivity index (χ3v) is 7.63. The summed E-state index contributed by atoms with van der Waals surface area (Å²) in [6.45, 7) is 11.8. The molecule has 43 heavy (non-hydrogen) atoms. The molecule has 1 heterocycles. The lowest BCUT2D eigenvalue weighted by Gasteiger charge is -2.40. The van der Waals surface area contributed by atoms with Crippen molar-refractivity contribution in [3.05, 3.63) is 114 Å². The fourth-order valence-electron chi connectivity index (χ4n) is 5.27. The molecule has 2 unspecified atom stereocenters. The molecule has 4 aromatic rings. The average Bonchev–Trinajstić information content (AvgIpc) is 3.41. The van der Waals surface area contributed by atoms with Gasteiger partial charge in [-0.15, -0.1) is 0 Å². The maximum Gasteiger partial charge on any atom is 0.254 e. The van der Waals surface area contributed by atoms with Crippen LogP contribution in [0.2, 0.25) is 0 Å². The zero-order valence-corrected chi connectivity index (χ0v) is 26.0. The summed E-state index contributed by atoms with van der Waals surface area (Å²) in [5.74, 6) is 0.629.